The maximum Gasteiger partial charge on any atom is 0.00452 e. The zero-order chi connectivity index (χ0) is 7.30. The van der Waals surface area contributed by atoms with Gasteiger partial charge in [0.1, 0.15) is 0 Å². The molecule has 2 N–H and O–H groups in total. The first kappa shape index (κ1) is 6.62. The molecule has 1 aliphatic heterocycles. The first-order valence-corrected chi connectivity index (χ1v) is 4.14. The SMILES string of the molecule is CC(N)[C@H]1C2CN(C)C[C@@H]21. The van der Waals surface area contributed by atoms with Gasteiger partial charge in [0, 0.05) is 19.1 Å². The van der Waals surface area contributed by atoms with E-state index in [0.29, 0.717) is 6.04 Å². The Morgan fingerprint density at radius 1 is 1.40 bits per heavy atom. The van der Waals surface area contributed by atoms with Crippen LogP contribution in [-0.2, 0) is 0 Å². The predicted molar refractivity (Wildman–Crippen MR) is 41.6 cm³/mol. The minimum atomic E-state index is 0.434. The number of rotatable bonds is 1. The summed E-state index contributed by atoms with van der Waals surface area (Å²) in [6, 6.07) is 0.434. The summed E-state index contributed by atoms with van der Waals surface area (Å²) >= 11 is 0. The van der Waals surface area contributed by atoms with Crippen LogP contribution in [0, 0.1) is 17.8 Å². The van der Waals surface area contributed by atoms with Gasteiger partial charge in [-0.05, 0) is 31.7 Å². The first-order valence-electron chi connectivity index (χ1n) is 4.14. The number of fused-ring (bicyclic) bond motifs is 1. The summed E-state index contributed by atoms with van der Waals surface area (Å²) < 4.78 is 0. The molecule has 1 saturated carbocycles. The lowest BCUT2D eigenvalue weighted by Crippen LogP contribution is -2.27. The lowest BCUT2D eigenvalue weighted by Gasteiger charge is -2.14. The van der Waals surface area contributed by atoms with Gasteiger partial charge in [0.25, 0.3) is 0 Å². The van der Waals surface area contributed by atoms with Crippen molar-refractivity contribution in [2.75, 3.05) is 20.1 Å². The van der Waals surface area contributed by atoms with E-state index in [1.54, 1.807) is 0 Å². The molecule has 0 aromatic heterocycles. The molecule has 2 rings (SSSR count). The molecule has 2 nitrogen and oxygen atoms in total. The van der Waals surface area contributed by atoms with Crippen molar-refractivity contribution < 1.29 is 0 Å². The highest BCUT2D eigenvalue weighted by Crippen LogP contribution is 2.52. The average molecular weight is 140 g/mol. The molecular formula is C8H16N2. The highest BCUT2D eigenvalue weighted by molar-refractivity contribution is 5.07. The van der Waals surface area contributed by atoms with Gasteiger partial charge in [0.15, 0.2) is 0 Å². The summed E-state index contributed by atoms with van der Waals surface area (Å²) in [4.78, 5) is 2.41. The molecule has 0 spiro atoms. The summed E-state index contributed by atoms with van der Waals surface area (Å²) in [6.07, 6.45) is 0. The van der Waals surface area contributed by atoms with E-state index < -0.39 is 0 Å². The molecule has 0 radical (unpaired) electrons. The van der Waals surface area contributed by atoms with E-state index in [2.05, 4.69) is 18.9 Å². The number of hydrogen-bond donors (Lipinski definition) is 1. The van der Waals surface area contributed by atoms with Gasteiger partial charge in [0.05, 0.1) is 0 Å². The third kappa shape index (κ3) is 0.789. The van der Waals surface area contributed by atoms with Crippen LogP contribution in [0.5, 0.6) is 0 Å². The summed E-state index contributed by atoms with van der Waals surface area (Å²) in [5, 5.41) is 0. The Kier molecular flexibility index (Phi) is 1.29. The summed E-state index contributed by atoms with van der Waals surface area (Å²) in [5.41, 5.74) is 5.81. The van der Waals surface area contributed by atoms with Crippen LogP contribution in [0.15, 0.2) is 0 Å². The summed E-state index contributed by atoms with van der Waals surface area (Å²) in [6.45, 7) is 4.72. The highest BCUT2D eigenvalue weighted by Gasteiger charge is 2.55. The first-order chi connectivity index (χ1) is 4.70. The van der Waals surface area contributed by atoms with Gasteiger partial charge in [-0.1, -0.05) is 0 Å². The van der Waals surface area contributed by atoms with Crippen molar-refractivity contribution in [1.82, 2.24) is 4.90 Å². The van der Waals surface area contributed by atoms with Crippen LogP contribution in [0.25, 0.3) is 0 Å². The van der Waals surface area contributed by atoms with Crippen molar-refractivity contribution in [1.29, 1.82) is 0 Å². The number of nitrogens with zero attached hydrogens (tertiary/aromatic N) is 1. The van der Waals surface area contributed by atoms with Crippen molar-refractivity contribution in [3.05, 3.63) is 0 Å². The maximum absolute atomic E-state index is 5.81. The molecule has 2 unspecified atom stereocenters. The fourth-order valence-corrected chi connectivity index (χ4v) is 2.56. The summed E-state index contributed by atoms with van der Waals surface area (Å²) in [7, 11) is 2.20. The monoisotopic (exact) mass is 140 g/mol. The number of nitrogens with two attached hydrogens (primary N) is 1. The summed E-state index contributed by atoms with van der Waals surface area (Å²) in [5.74, 6) is 2.76. The van der Waals surface area contributed by atoms with Crippen LogP contribution >= 0.6 is 0 Å². The van der Waals surface area contributed by atoms with E-state index in [0.717, 1.165) is 17.8 Å². The molecule has 1 aliphatic carbocycles. The minimum absolute atomic E-state index is 0.434. The third-order valence-corrected chi connectivity index (χ3v) is 3.05. The van der Waals surface area contributed by atoms with Crippen molar-refractivity contribution in [3.63, 3.8) is 0 Å². The number of hydrogen-bond acceptors (Lipinski definition) is 2. The number of piperidine rings is 1. The lowest BCUT2D eigenvalue weighted by molar-refractivity contribution is 0.331. The fourth-order valence-electron chi connectivity index (χ4n) is 2.56. The molecule has 0 aromatic carbocycles. The van der Waals surface area contributed by atoms with Crippen LogP contribution in [0.4, 0.5) is 0 Å². The van der Waals surface area contributed by atoms with Gasteiger partial charge in [-0.3, -0.25) is 0 Å². The van der Waals surface area contributed by atoms with E-state index in [1.165, 1.54) is 13.1 Å². The molecule has 1 saturated heterocycles. The second kappa shape index (κ2) is 1.95. The molecule has 0 bridgehead atoms. The van der Waals surface area contributed by atoms with Gasteiger partial charge in [-0.2, -0.15) is 0 Å². The second-order valence-electron chi connectivity index (χ2n) is 3.99. The maximum atomic E-state index is 5.81. The molecule has 0 amide bonds. The molecule has 58 valence electrons. The van der Waals surface area contributed by atoms with E-state index in [4.69, 9.17) is 5.73 Å². The molecule has 2 aliphatic rings. The molecule has 1 heterocycles. The normalized spacial score (nSPS) is 48.9. The van der Waals surface area contributed by atoms with Crippen molar-refractivity contribution in [3.8, 4) is 0 Å². The Hall–Kier alpha value is -0.0800. The Morgan fingerprint density at radius 3 is 2.30 bits per heavy atom. The smallest absolute Gasteiger partial charge is 0.00452 e. The van der Waals surface area contributed by atoms with Crippen molar-refractivity contribution >= 4 is 0 Å². The molecular weight excluding hydrogens is 124 g/mol. The minimum Gasteiger partial charge on any atom is -0.328 e. The zero-order valence-corrected chi connectivity index (χ0v) is 6.75. The van der Waals surface area contributed by atoms with Gasteiger partial charge >= 0.3 is 0 Å². The topological polar surface area (TPSA) is 29.3 Å². The van der Waals surface area contributed by atoms with Gasteiger partial charge in [-0.15, -0.1) is 0 Å². The van der Waals surface area contributed by atoms with Crippen LogP contribution in [0.2, 0.25) is 0 Å². The van der Waals surface area contributed by atoms with Gasteiger partial charge < -0.3 is 10.6 Å². The largest absolute Gasteiger partial charge is 0.328 e. The second-order valence-corrected chi connectivity index (χ2v) is 3.99. The predicted octanol–water partition coefficient (Wildman–Crippen LogP) is 0.141. The van der Waals surface area contributed by atoms with Crippen LogP contribution in [-0.4, -0.2) is 31.1 Å². The molecule has 0 aromatic rings. The Morgan fingerprint density at radius 2 is 1.90 bits per heavy atom. The van der Waals surface area contributed by atoms with Gasteiger partial charge in [0.2, 0.25) is 0 Å². The Labute approximate surface area is 62.4 Å². The molecule has 2 fully saturated rings. The Bertz CT molecular complexity index is 132. The molecule has 4 atom stereocenters. The highest BCUT2D eigenvalue weighted by atomic mass is 15.2. The van der Waals surface area contributed by atoms with Crippen LogP contribution in [0.1, 0.15) is 6.92 Å². The number of likely N-dealkylation sites (tertiary alicyclic amines) is 1. The van der Waals surface area contributed by atoms with E-state index in [1.807, 2.05) is 0 Å². The van der Waals surface area contributed by atoms with Gasteiger partial charge in [-0.25, -0.2) is 0 Å². The lowest BCUT2D eigenvalue weighted by atomic mass is 10.1. The van der Waals surface area contributed by atoms with Crippen LogP contribution < -0.4 is 5.73 Å². The van der Waals surface area contributed by atoms with E-state index in [-0.39, 0.29) is 0 Å². The quantitative estimate of drug-likeness (QED) is 0.561. The standard InChI is InChI=1S/C8H16N2/c1-5(9)8-6-3-10(2)4-7(6)8/h5-8H,3-4,9H2,1-2H3/t5?,6-,7?,8+/m0/s1. The third-order valence-electron chi connectivity index (χ3n) is 3.05. The molecule has 10 heavy (non-hydrogen) atoms. The molecule has 2 heteroatoms. The van der Waals surface area contributed by atoms with Crippen molar-refractivity contribution in [2.24, 2.45) is 23.5 Å². The van der Waals surface area contributed by atoms with E-state index in [9.17, 15) is 0 Å². The van der Waals surface area contributed by atoms with E-state index >= 15 is 0 Å². The zero-order valence-electron chi connectivity index (χ0n) is 6.75. The fraction of sp³-hybridized carbons (Fsp3) is 1.00. The Balaban J connectivity index is 1.92. The van der Waals surface area contributed by atoms with Crippen molar-refractivity contribution in [2.45, 2.75) is 13.0 Å². The average Bonchev–Trinajstić information content (AvgIpc) is 2.32. The van der Waals surface area contributed by atoms with Crippen LogP contribution in [0.3, 0.4) is 0 Å².